The fourth-order valence-electron chi connectivity index (χ4n) is 5.99. The number of phenols is 1. The molecule has 36 heavy (non-hydrogen) atoms. The maximum Gasteiger partial charge on any atom is 0.338 e. The van der Waals surface area contributed by atoms with Crippen molar-refractivity contribution in [2.75, 3.05) is 6.54 Å². The van der Waals surface area contributed by atoms with Crippen molar-refractivity contribution < 1.29 is 14.6 Å². The largest absolute Gasteiger partial charge is 0.508 e. The number of hydrogen-bond acceptors (Lipinski definition) is 4. The minimum atomic E-state index is -0.279. The second kappa shape index (κ2) is 12.8. The van der Waals surface area contributed by atoms with Crippen molar-refractivity contribution in [3.8, 4) is 5.75 Å². The quantitative estimate of drug-likeness (QED) is 0.345. The molecule has 4 atom stereocenters. The molecule has 0 bridgehead atoms. The Balaban J connectivity index is 1.88. The average molecular weight is 494 g/mol. The molecule has 3 rings (SSSR count). The SMILES string of the molecule is CC(C)[C@@H]1CC[C@@H](C)C[C@H]1OC(=O)c1ccc(O)c(C(CCN(C(C)C)C(C)C)c2ccccc2)c1. The Bertz CT molecular complexity index is 961. The van der Waals surface area contributed by atoms with E-state index in [1.807, 2.05) is 24.3 Å². The van der Waals surface area contributed by atoms with E-state index in [0.29, 0.717) is 35.4 Å². The molecule has 2 aromatic rings. The van der Waals surface area contributed by atoms with Crippen LogP contribution in [-0.4, -0.2) is 40.7 Å². The molecule has 1 fully saturated rings. The summed E-state index contributed by atoms with van der Waals surface area (Å²) in [6.45, 7) is 16.5. The zero-order valence-electron chi connectivity index (χ0n) is 23.4. The molecule has 0 aliphatic heterocycles. The minimum absolute atomic E-state index is 0.0166. The van der Waals surface area contributed by atoms with Crippen LogP contribution in [0.25, 0.3) is 0 Å². The Hall–Kier alpha value is -2.33. The van der Waals surface area contributed by atoms with E-state index in [0.717, 1.165) is 36.9 Å². The number of benzene rings is 2. The number of phenolic OH excluding ortho intramolecular Hbond substituents is 1. The molecule has 4 nitrogen and oxygen atoms in total. The summed E-state index contributed by atoms with van der Waals surface area (Å²) in [5.41, 5.74) is 2.46. The second-order valence-corrected chi connectivity index (χ2v) is 11.7. The standard InChI is InChI=1S/C32H47NO3/c1-21(2)27-15-13-24(7)19-31(27)36-32(35)26-14-16-30(34)29(20-26)28(25-11-9-8-10-12-25)17-18-33(22(3)4)23(5)6/h8-12,14,16,20-24,27-28,31,34H,13,15,17-19H2,1-7H3/t24-,27+,28?,31-/m1/s1. The van der Waals surface area contributed by atoms with Crippen molar-refractivity contribution >= 4 is 5.97 Å². The van der Waals surface area contributed by atoms with Gasteiger partial charge in [0.05, 0.1) is 5.56 Å². The summed E-state index contributed by atoms with van der Waals surface area (Å²) in [4.78, 5) is 15.8. The van der Waals surface area contributed by atoms with Crippen molar-refractivity contribution in [3.05, 3.63) is 65.2 Å². The van der Waals surface area contributed by atoms with Gasteiger partial charge in [0.25, 0.3) is 0 Å². The lowest BCUT2D eigenvalue weighted by atomic mass is 9.75. The van der Waals surface area contributed by atoms with Gasteiger partial charge in [-0.25, -0.2) is 4.79 Å². The predicted octanol–water partition coefficient (Wildman–Crippen LogP) is 7.65. The third-order valence-electron chi connectivity index (χ3n) is 8.06. The van der Waals surface area contributed by atoms with E-state index in [4.69, 9.17) is 4.74 Å². The van der Waals surface area contributed by atoms with Crippen LogP contribution in [0.3, 0.4) is 0 Å². The Kier molecular flexibility index (Phi) is 10.0. The van der Waals surface area contributed by atoms with E-state index < -0.39 is 0 Å². The Morgan fingerprint density at radius 2 is 1.67 bits per heavy atom. The van der Waals surface area contributed by atoms with Gasteiger partial charge in [-0.05, 0) is 95.0 Å². The van der Waals surface area contributed by atoms with Gasteiger partial charge in [0.15, 0.2) is 0 Å². The molecule has 0 radical (unpaired) electrons. The summed E-state index contributed by atoms with van der Waals surface area (Å²) >= 11 is 0. The van der Waals surface area contributed by atoms with Crippen LogP contribution in [0.5, 0.6) is 5.75 Å². The molecule has 1 saturated carbocycles. The molecule has 0 amide bonds. The zero-order chi connectivity index (χ0) is 26.4. The predicted molar refractivity (Wildman–Crippen MR) is 149 cm³/mol. The van der Waals surface area contributed by atoms with E-state index >= 15 is 0 Å². The van der Waals surface area contributed by atoms with Gasteiger partial charge in [0, 0.05) is 23.6 Å². The summed E-state index contributed by atoms with van der Waals surface area (Å²) in [5.74, 6) is 1.39. The lowest BCUT2D eigenvalue weighted by Gasteiger charge is -2.36. The number of hydrogen-bond donors (Lipinski definition) is 1. The molecule has 1 aliphatic rings. The molecule has 0 spiro atoms. The van der Waals surface area contributed by atoms with Crippen LogP contribution in [0.1, 0.15) is 102 Å². The van der Waals surface area contributed by atoms with Crippen molar-refractivity contribution in [2.45, 2.75) is 98.3 Å². The van der Waals surface area contributed by atoms with Crippen LogP contribution in [0.15, 0.2) is 48.5 Å². The third kappa shape index (κ3) is 7.12. The highest BCUT2D eigenvalue weighted by Gasteiger charge is 2.34. The van der Waals surface area contributed by atoms with Crippen molar-refractivity contribution in [2.24, 2.45) is 17.8 Å². The second-order valence-electron chi connectivity index (χ2n) is 11.7. The Labute approximate surface area is 219 Å². The topological polar surface area (TPSA) is 49.8 Å². The van der Waals surface area contributed by atoms with Crippen LogP contribution in [-0.2, 0) is 4.74 Å². The Morgan fingerprint density at radius 3 is 2.28 bits per heavy atom. The number of carbonyl (C=O) groups is 1. The summed E-state index contributed by atoms with van der Waals surface area (Å²) in [5, 5.41) is 10.9. The monoisotopic (exact) mass is 493 g/mol. The normalized spacial score (nSPS) is 21.4. The molecule has 4 heteroatoms. The summed E-state index contributed by atoms with van der Waals surface area (Å²) in [6, 6.07) is 16.4. The number of nitrogens with zero attached hydrogens (tertiary/aromatic N) is 1. The first-order chi connectivity index (χ1) is 17.1. The zero-order valence-corrected chi connectivity index (χ0v) is 23.4. The third-order valence-corrected chi connectivity index (χ3v) is 8.06. The lowest BCUT2D eigenvalue weighted by molar-refractivity contribution is -0.0174. The average Bonchev–Trinajstić information content (AvgIpc) is 2.82. The highest BCUT2D eigenvalue weighted by atomic mass is 16.5. The number of ether oxygens (including phenoxy) is 1. The molecule has 2 aromatic carbocycles. The van der Waals surface area contributed by atoms with Crippen molar-refractivity contribution in [1.29, 1.82) is 0 Å². The van der Waals surface area contributed by atoms with Gasteiger partial charge in [-0.1, -0.05) is 57.5 Å². The van der Waals surface area contributed by atoms with Gasteiger partial charge in [-0.15, -0.1) is 0 Å². The molecule has 0 aromatic heterocycles. The number of esters is 1. The highest BCUT2D eigenvalue weighted by Crippen LogP contribution is 2.37. The van der Waals surface area contributed by atoms with E-state index in [1.54, 1.807) is 12.1 Å². The maximum atomic E-state index is 13.3. The summed E-state index contributed by atoms with van der Waals surface area (Å²) in [7, 11) is 0. The van der Waals surface area contributed by atoms with Gasteiger partial charge >= 0.3 is 5.97 Å². The van der Waals surface area contributed by atoms with Crippen LogP contribution in [0.2, 0.25) is 0 Å². The number of carbonyl (C=O) groups excluding carboxylic acids is 1. The van der Waals surface area contributed by atoms with Gasteiger partial charge < -0.3 is 9.84 Å². The molecular weight excluding hydrogens is 446 g/mol. The first-order valence-corrected chi connectivity index (χ1v) is 13.9. The van der Waals surface area contributed by atoms with E-state index in [-0.39, 0.29) is 23.7 Å². The first kappa shape index (κ1) is 28.2. The van der Waals surface area contributed by atoms with Crippen LogP contribution in [0, 0.1) is 17.8 Å². The lowest BCUT2D eigenvalue weighted by Crippen LogP contribution is -2.38. The van der Waals surface area contributed by atoms with E-state index in [2.05, 4.69) is 65.5 Å². The van der Waals surface area contributed by atoms with Gasteiger partial charge in [0.2, 0.25) is 0 Å². The molecule has 0 heterocycles. The number of rotatable bonds is 10. The molecule has 198 valence electrons. The highest BCUT2D eigenvalue weighted by molar-refractivity contribution is 5.90. The molecule has 1 N–H and O–H groups in total. The minimum Gasteiger partial charge on any atom is -0.508 e. The molecular formula is C32H47NO3. The van der Waals surface area contributed by atoms with Crippen LogP contribution >= 0.6 is 0 Å². The van der Waals surface area contributed by atoms with Gasteiger partial charge in [-0.2, -0.15) is 0 Å². The molecule has 0 saturated heterocycles. The van der Waals surface area contributed by atoms with Gasteiger partial charge in [-0.3, -0.25) is 4.90 Å². The van der Waals surface area contributed by atoms with E-state index in [9.17, 15) is 9.90 Å². The van der Waals surface area contributed by atoms with Crippen LogP contribution in [0.4, 0.5) is 0 Å². The van der Waals surface area contributed by atoms with Crippen LogP contribution < -0.4 is 0 Å². The van der Waals surface area contributed by atoms with Crippen molar-refractivity contribution in [3.63, 3.8) is 0 Å². The fraction of sp³-hybridized carbons (Fsp3) is 0.594. The maximum absolute atomic E-state index is 13.3. The van der Waals surface area contributed by atoms with E-state index in [1.165, 1.54) is 6.42 Å². The first-order valence-electron chi connectivity index (χ1n) is 13.9. The van der Waals surface area contributed by atoms with Gasteiger partial charge in [0.1, 0.15) is 11.9 Å². The van der Waals surface area contributed by atoms with Crippen molar-refractivity contribution in [1.82, 2.24) is 4.90 Å². The Morgan fingerprint density at radius 1 is 1.00 bits per heavy atom. The fourth-order valence-corrected chi connectivity index (χ4v) is 5.99. The smallest absolute Gasteiger partial charge is 0.338 e. The summed E-state index contributed by atoms with van der Waals surface area (Å²) < 4.78 is 6.13. The summed E-state index contributed by atoms with van der Waals surface area (Å²) in [6.07, 6.45) is 4.03. The molecule has 1 unspecified atom stereocenters. The number of aromatic hydroxyl groups is 1. The molecule has 1 aliphatic carbocycles.